The number of methoxy groups -OCH3 is 1. The summed E-state index contributed by atoms with van der Waals surface area (Å²) >= 11 is 3.39. The number of rotatable bonds is 5. The molecule has 110 valence electrons. The van der Waals surface area contributed by atoms with E-state index in [1.807, 2.05) is 0 Å². The quantitative estimate of drug-likeness (QED) is 0.502. The van der Waals surface area contributed by atoms with Crippen LogP contribution in [0, 0.1) is 5.82 Å². The molecule has 0 spiro atoms. The highest BCUT2D eigenvalue weighted by Gasteiger charge is 2.11. The molecule has 4 nitrogen and oxygen atoms in total. The third-order valence-electron chi connectivity index (χ3n) is 2.76. The van der Waals surface area contributed by atoms with Crippen LogP contribution in [-0.2, 0) is 6.61 Å². The standard InChI is InChI=1S/C15H13BrFNO3/c1-20-14-7-11(8-18-19)6-13(16)15(14)21-9-10-2-4-12(17)5-3-10/h2-8,19H,9H2,1H3/b18-8+. The summed E-state index contributed by atoms with van der Waals surface area (Å²) in [6, 6.07) is 9.50. The van der Waals surface area contributed by atoms with E-state index in [0.717, 1.165) is 5.56 Å². The molecule has 1 N–H and O–H groups in total. The smallest absolute Gasteiger partial charge is 0.175 e. The second kappa shape index (κ2) is 7.08. The van der Waals surface area contributed by atoms with Gasteiger partial charge in [0, 0.05) is 5.56 Å². The summed E-state index contributed by atoms with van der Waals surface area (Å²) in [6.07, 6.45) is 1.29. The van der Waals surface area contributed by atoms with Gasteiger partial charge in [0.25, 0.3) is 0 Å². The first-order valence-electron chi connectivity index (χ1n) is 6.06. The molecule has 0 amide bonds. The fraction of sp³-hybridized carbons (Fsp3) is 0.133. The second-order valence-electron chi connectivity index (χ2n) is 4.19. The lowest BCUT2D eigenvalue weighted by Crippen LogP contribution is -1.99. The van der Waals surface area contributed by atoms with Gasteiger partial charge in [-0.15, -0.1) is 0 Å². The number of halogens is 2. The lowest BCUT2D eigenvalue weighted by atomic mass is 10.2. The Morgan fingerprint density at radius 1 is 1.29 bits per heavy atom. The zero-order chi connectivity index (χ0) is 15.2. The van der Waals surface area contributed by atoms with Gasteiger partial charge in [0.1, 0.15) is 12.4 Å². The molecule has 2 aromatic rings. The average molecular weight is 354 g/mol. The summed E-state index contributed by atoms with van der Waals surface area (Å²) in [5.41, 5.74) is 1.50. The van der Waals surface area contributed by atoms with Gasteiger partial charge in [-0.05, 0) is 45.8 Å². The maximum atomic E-state index is 12.8. The first-order chi connectivity index (χ1) is 10.1. The molecule has 0 radical (unpaired) electrons. The predicted octanol–water partition coefficient (Wildman–Crippen LogP) is 3.98. The molecule has 0 aliphatic heterocycles. The molecule has 0 heterocycles. The van der Waals surface area contributed by atoms with E-state index < -0.39 is 0 Å². The van der Waals surface area contributed by atoms with E-state index in [1.165, 1.54) is 25.5 Å². The molecule has 0 aliphatic carbocycles. The second-order valence-corrected chi connectivity index (χ2v) is 5.05. The van der Waals surface area contributed by atoms with Gasteiger partial charge >= 0.3 is 0 Å². The summed E-state index contributed by atoms with van der Waals surface area (Å²) < 4.78 is 24.5. The molecule has 0 aliphatic rings. The van der Waals surface area contributed by atoms with Crippen LogP contribution in [0.1, 0.15) is 11.1 Å². The molecule has 6 heteroatoms. The van der Waals surface area contributed by atoms with Crippen molar-refractivity contribution < 1.29 is 19.1 Å². The lowest BCUT2D eigenvalue weighted by molar-refractivity contribution is 0.282. The van der Waals surface area contributed by atoms with Crippen molar-refractivity contribution in [3.63, 3.8) is 0 Å². The van der Waals surface area contributed by atoms with Gasteiger partial charge in [-0.2, -0.15) is 0 Å². The molecule has 2 aromatic carbocycles. The molecule has 0 bridgehead atoms. The molecule has 0 aromatic heterocycles. The van der Waals surface area contributed by atoms with Gasteiger partial charge in [-0.3, -0.25) is 0 Å². The minimum Gasteiger partial charge on any atom is -0.493 e. The van der Waals surface area contributed by atoms with Gasteiger partial charge in [-0.25, -0.2) is 4.39 Å². The van der Waals surface area contributed by atoms with Crippen molar-refractivity contribution in [3.8, 4) is 11.5 Å². The van der Waals surface area contributed by atoms with Gasteiger partial charge in [-0.1, -0.05) is 17.3 Å². The molecular weight excluding hydrogens is 341 g/mol. The van der Waals surface area contributed by atoms with Gasteiger partial charge in [0.05, 0.1) is 17.8 Å². The highest BCUT2D eigenvalue weighted by Crippen LogP contribution is 2.36. The third kappa shape index (κ3) is 3.95. The van der Waals surface area contributed by atoms with Gasteiger partial charge in [0.15, 0.2) is 11.5 Å². The highest BCUT2D eigenvalue weighted by atomic mass is 79.9. The van der Waals surface area contributed by atoms with Crippen LogP contribution in [0.5, 0.6) is 11.5 Å². The van der Waals surface area contributed by atoms with E-state index in [4.69, 9.17) is 14.7 Å². The van der Waals surface area contributed by atoms with Crippen LogP contribution < -0.4 is 9.47 Å². The first kappa shape index (κ1) is 15.3. The topological polar surface area (TPSA) is 51.0 Å². The number of hydrogen-bond acceptors (Lipinski definition) is 4. The Morgan fingerprint density at radius 3 is 2.62 bits per heavy atom. The Morgan fingerprint density at radius 2 is 2.00 bits per heavy atom. The maximum absolute atomic E-state index is 12.8. The predicted molar refractivity (Wildman–Crippen MR) is 80.8 cm³/mol. The molecule has 0 fully saturated rings. The maximum Gasteiger partial charge on any atom is 0.175 e. The minimum absolute atomic E-state index is 0.280. The average Bonchev–Trinajstić information content (AvgIpc) is 2.47. The monoisotopic (exact) mass is 353 g/mol. The number of benzene rings is 2. The third-order valence-corrected chi connectivity index (χ3v) is 3.34. The van der Waals surface area contributed by atoms with Crippen molar-refractivity contribution in [1.29, 1.82) is 0 Å². The Balaban J connectivity index is 2.20. The molecular formula is C15H13BrFNO3. The van der Waals surface area contributed by atoms with Crippen molar-refractivity contribution in [2.75, 3.05) is 7.11 Å². The summed E-state index contributed by atoms with van der Waals surface area (Å²) in [6.45, 7) is 0.280. The Labute approximate surface area is 129 Å². The largest absolute Gasteiger partial charge is 0.493 e. The number of ether oxygens (including phenoxy) is 2. The van der Waals surface area contributed by atoms with Crippen molar-refractivity contribution >= 4 is 22.1 Å². The minimum atomic E-state index is -0.287. The summed E-state index contributed by atoms with van der Waals surface area (Å²) in [5, 5.41) is 11.5. The fourth-order valence-corrected chi connectivity index (χ4v) is 2.33. The van der Waals surface area contributed by atoms with Crippen LogP contribution in [-0.4, -0.2) is 18.5 Å². The molecule has 0 saturated heterocycles. The van der Waals surface area contributed by atoms with E-state index in [2.05, 4.69) is 21.1 Å². The highest BCUT2D eigenvalue weighted by molar-refractivity contribution is 9.10. The van der Waals surface area contributed by atoms with E-state index >= 15 is 0 Å². The summed E-state index contributed by atoms with van der Waals surface area (Å²) in [5.74, 6) is 0.739. The van der Waals surface area contributed by atoms with E-state index in [1.54, 1.807) is 24.3 Å². The van der Waals surface area contributed by atoms with Crippen LogP contribution in [0.4, 0.5) is 4.39 Å². The van der Waals surface area contributed by atoms with Crippen molar-refractivity contribution in [1.82, 2.24) is 0 Å². The molecule has 0 saturated carbocycles. The van der Waals surface area contributed by atoms with Crippen LogP contribution in [0.2, 0.25) is 0 Å². The van der Waals surface area contributed by atoms with Crippen molar-refractivity contribution in [2.24, 2.45) is 5.16 Å². The van der Waals surface area contributed by atoms with E-state index in [0.29, 0.717) is 21.5 Å². The number of nitrogens with zero attached hydrogens (tertiary/aromatic N) is 1. The molecule has 0 unspecified atom stereocenters. The van der Waals surface area contributed by atoms with Gasteiger partial charge in [0.2, 0.25) is 0 Å². The zero-order valence-corrected chi connectivity index (χ0v) is 12.8. The van der Waals surface area contributed by atoms with Crippen LogP contribution in [0.25, 0.3) is 0 Å². The SMILES string of the molecule is COc1cc(/C=N/O)cc(Br)c1OCc1ccc(F)cc1. The Kier molecular flexibility index (Phi) is 5.16. The lowest BCUT2D eigenvalue weighted by Gasteiger charge is -2.13. The van der Waals surface area contributed by atoms with Crippen LogP contribution in [0.15, 0.2) is 46.0 Å². The van der Waals surface area contributed by atoms with Crippen LogP contribution >= 0.6 is 15.9 Å². The Bertz CT molecular complexity index is 644. The number of oxime groups is 1. The van der Waals surface area contributed by atoms with E-state index in [-0.39, 0.29) is 12.4 Å². The molecule has 0 atom stereocenters. The van der Waals surface area contributed by atoms with Crippen LogP contribution in [0.3, 0.4) is 0 Å². The van der Waals surface area contributed by atoms with Crippen molar-refractivity contribution in [3.05, 3.63) is 57.8 Å². The molecule has 21 heavy (non-hydrogen) atoms. The first-order valence-corrected chi connectivity index (χ1v) is 6.85. The summed E-state index contributed by atoms with van der Waals surface area (Å²) in [4.78, 5) is 0. The van der Waals surface area contributed by atoms with E-state index in [9.17, 15) is 4.39 Å². The zero-order valence-electron chi connectivity index (χ0n) is 11.2. The molecule has 2 rings (SSSR count). The van der Waals surface area contributed by atoms with Crippen molar-refractivity contribution in [2.45, 2.75) is 6.61 Å². The normalized spacial score (nSPS) is 10.8. The Hall–Kier alpha value is -2.08. The fourth-order valence-electron chi connectivity index (χ4n) is 1.76. The number of hydrogen-bond donors (Lipinski definition) is 1. The summed E-state index contributed by atoms with van der Waals surface area (Å²) in [7, 11) is 1.52. The van der Waals surface area contributed by atoms with Gasteiger partial charge < -0.3 is 14.7 Å².